The van der Waals surface area contributed by atoms with Gasteiger partial charge in [-0.25, -0.2) is 4.98 Å². The van der Waals surface area contributed by atoms with Crippen molar-refractivity contribution in [3.05, 3.63) is 88.8 Å². The molecule has 0 unspecified atom stereocenters. The molecule has 3 aromatic carbocycles. The molecule has 0 saturated heterocycles. The molecule has 0 aliphatic carbocycles. The van der Waals surface area contributed by atoms with Crippen LogP contribution in [0.15, 0.2) is 65.1 Å². The summed E-state index contributed by atoms with van der Waals surface area (Å²) in [5, 5.41) is 2.79. The number of aromatic nitrogens is 1. The average molecular weight is 594 g/mol. The Bertz CT molecular complexity index is 1460. The molecule has 1 heterocycles. The van der Waals surface area contributed by atoms with Crippen molar-refractivity contribution < 1.29 is 40.2 Å². The van der Waals surface area contributed by atoms with E-state index in [9.17, 15) is 26.3 Å². The molecule has 224 valence electrons. The third-order valence-corrected chi connectivity index (χ3v) is 6.10. The maximum absolute atomic E-state index is 13.0. The van der Waals surface area contributed by atoms with Crippen molar-refractivity contribution in [3.8, 4) is 5.75 Å². The Morgan fingerprint density at radius 2 is 1.52 bits per heavy atom. The monoisotopic (exact) mass is 593 g/mol. The fraction of sp³-hybridized carbons (Fsp3) is 0.300. The molecule has 42 heavy (non-hydrogen) atoms. The second-order valence-corrected chi connectivity index (χ2v) is 9.55. The van der Waals surface area contributed by atoms with E-state index in [2.05, 4.69) is 10.3 Å². The van der Waals surface area contributed by atoms with E-state index in [-0.39, 0.29) is 44.5 Å². The van der Waals surface area contributed by atoms with Gasteiger partial charge in [-0.1, -0.05) is 12.1 Å². The summed E-state index contributed by atoms with van der Waals surface area (Å²) in [7, 11) is 3.96. The first-order chi connectivity index (χ1) is 19.9. The minimum Gasteiger partial charge on any atom is -0.491 e. The maximum atomic E-state index is 13.0. The largest absolute Gasteiger partial charge is 0.491 e. The minimum absolute atomic E-state index is 0.107. The van der Waals surface area contributed by atoms with Crippen LogP contribution in [-0.4, -0.2) is 45.4 Å². The number of benzene rings is 3. The minimum atomic E-state index is -4.88. The van der Waals surface area contributed by atoms with Gasteiger partial charge < -0.3 is 24.1 Å². The van der Waals surface area contributed by atoms with Gasteiger partial charge in [0, 0.05) is 45.0 Å². The molecular formula is C30H29F6N3O3. The van der Waals surface area contributed by atoms with Crippen LogP contribution < -0.4 is 15.0 Å². The summed E-state index contributed by atoms with van der Waals surface area (Å²) >= 11 is 0. The number of ether oxygens (including phenoxy) is 2. The van der Waals surface area contributed by atoms with E-state index in [0.717, 1.165) is 11.3 Å². The number of hydrogen-bond acceptors (Lipinski definition) is 6. The van der Waals surface area contributed by atoms with E-state index in [1.807, 2.05) is 49.3 Å². The van der Waals surface area contributed by atoms with Crippen LogP contribution in [0.5, 0.6) is 5.75 Å². The quantitative estimate of drug-likeness (QED) is 0.138. The maximum Gasteiger partial charge on any atom is 0.416 e. The summed E-state index contributed by atoms with van der Waals surface area (Å²) in [6.07, 6.45) is -6.06. The second kappa shape index (κ2) is 13.3. The van der Waals surface area contributed by atoms with Crippen molar-refractivity contribution in [1.29, 1.82) is 0 Å². The lowest BCUT2D eigenvalue weighted by atomic mass is 10.0. The summed E-state index contributed by atoms with van der Waals surface area (Å²) in [6, 6.07) is 14.8. The normalized spacial score (nSPS) is 12.4. The molecule has 12 heteroatoms. The molecule has 0 fully saturated rings. The zero-order valence-corrected chi connectivity index (χ0v) is 22.9. The Labute approximate surface area is 238 Å². The molecule has 0 aliphatic heterocycles. The third-order valence-electron chi connectivity index (χ3n) is 6.10. The molecule has 6 nitrogen and oxygen atoms in total. The lowest BCUT2D eigenvalue weighted by Gasteiger charge is -2.14. The Balaban J connectivity index is 1.19. The second-order valence-electron chi connectivity index (χ2n) is 9.55. The zero-order valence-electron chi connectivity index (χ0n) is 22.9. The number of oxazole rings is 1. The van der Waals surface area contributed by atoms with E-state index in [0.29, 0.717) is 34.9 Å². The Morgan fingerprint density at radius 1 is 0.833 bits per heavy atom. The SMILES string of the molecule is CN(C)c1ccc(/C=C/c2nc3ccc(OCCOCCNCc4cc(C(F)(F)F)cc(C(F)(F)F)c4)cc3o2)cc1. The number of fused-ring (bicyclic) bond motifs is 1. The van der Waals surface area contributed by atoms with Gasteiger partial charge in [0.1, 0.15) is 17.9 Å². The molecular weight excluding hydrogens is 564 g/mol. The van der Waals surface area contributed by atoms with Gasteiger partial charge in [-0.15, -0.1) is 0 Å². The van der Waals surface area contributed by atoms with Crippen LogP contribution in [0.2, 0.25) is 0 Å². The van der Waals surface area contributed by atoms with Crippen LogP contribution in [0.3, 0.4) is 0 Å². The van der Waals surface area contributed by atoms with Gasteiger partial charge in [-0.2, -0.15) is 26.3 Å². The van der Waals surface area contributed by atoms with Gasteiger partial charge in [0.25, 0.3) is 0 Å². The lowest BCUT2D eigenvalue weighted by Crippen LogP contribution is -2.21. The van der Waals surface area contributed by atoms with Gasteiger partial charge in [-0.3, -0.25) is 0 Å². The van der Waals surface area contributed by atoms with Crippen LogP contribution in [-0.2, 0) is 23.6 Å². The molecule has 1 N–H and O–H groups in total. The van der Waals surface area contributed by atoms with E-state index >= 15 is 0 Å². The van der Waals surface area contributed by atoms with Gasteiger partial charge in [-0.05, 0) is 59.7 Å². The van der Waals surface area contributed by atoms with Gasteiger partial charge in [0.05, 0.1) is 24.3 Å². The van der Waals surface area contributed by atoms with E-state index in [4.69, 9.17) is 13.9 Å². The Kier molecular flexibility index (Phi) is 9.79. The van der Waals surface area contributed by atoms with Crippen LogP contribution >= 0.6 is 0 Å². The number of nitrogens with one attached hydrogen (secondary N) is 1. The smallest absolute Gasteiger partial charge is 0.416 e. The first-order valence-electron chi connectivity index (χ1n) is 12.9. The summed E-state index contributed by atoms with van der Waals surface area (Å²) in [4.78, 5) is 6.47. The standard InChI is InChI=1S/C30H29F6N3O3/c1-39(2)24-6-3-20(4-7-24)5-10-28-38-26-9-8-25(18-27(26)42-28)41-14-13-40-12-11-37-19-21-15-22(29(31,32)33)17-23(16-21)30(34,35)36/h3-10,15-18,37H,11-14,19H2,1-2H3/b10-5+. The number of halogens is 6. The third kappa shape index (κ3) is 8.73. The van der Waals surface area contributed by atoms with Gasteiger partial charge >= 0.3 is 12.4 Å². The van der Waals surface area contributed by atoms with Gasteiger partial charge in [0.15, 0.2) is 5.58 Å². The predicted molar refractivity (Wildman–Crippen MR) is 148 cm³/mol. The lowest BCUT2D eigenvalue weighted by molar-refractivity contribution is -0.143. The highest BCUT2D eigenvalue weighted by atomic mass is 19.4. The molecule has 0 radical (unpaired) electrons. The molecule has 0 saturated carbocycles. The number of alkyl halides is 6. The van der Waals surface area contributed by atoms with Crippen molar-refractivity contribution in [1.82, 2.24) is 10.3 Å². The van der Waals surface area contributed by atoms with Crippen molar-refractivity contribution in [2.75, 3.05) is 45.4 Å². The Morgan fingerprint density at radius 3 is 2.17 bits per heavy atom. The summed E-state index contributed by atoms with van der Waals surface area (Å²) in [6.45, 7) is 0.668. The van der Waals surface area contributed by atoms with E-state index in [1.165, 1.54) is 0 Å². The first kappa shape index (κ1) is 30.9. The molecule has 0 atom stereocenters. The number of anilines is 1. The van der Waals surface area contributed by atoms with Crippen LogP contribution in [0.25, 0.3) is 23.3 Å². The molecule has 0 spiro atoms. The fourth-order valence-corrected chi connectivity index (χ4v) is 3.95. The van der Waals surface area contributed by atoms with E-state index in [1.54, 1.807) is 24.3 Å². The summed E-state index contributed by atoms with van der Waals surface area (Å²) < 4.78 is 94.8. The van der Waals surface area contributed by atoms with Gasteiger partial charge in [0.2, 0.25) is 5.89 Å². The average Bonchev–Trinajstić information content (AvgIpc) is 3.34. The zero-order chi connectivity index (χ0) is 30.3. The summed E-state index contributed by atoms with van der Waals surface area (Å²) in [5.74, 6) is 1.01. The molecule has 0 aliphatic rings. The van der Waals surface area contributed by atoms with Crippen molar-refractivity contribution >= 4 is 28.9 Å². The molecule has 0 bridgehead atoms. The van der Waals surface area contributed by atoms with Crippen LogP contribution in [0.4, 0.5) is 32.0 Å². The Hall–Kier alpha value is -4.03. The number of nitrogens with zero attached hydrogens (tertiary/aromatic N) is 2. The van der Waals surface area contributed by atoms with E-state index < -0.39 is 23.5 Å². The fourth-order valence-electron chi connectivity index (χ4n) is 3.95. The first-order valence-corrected chi connectivity index (χ1v) is 12.9. The predicted octanol–water partition coefficient (Wildman–Crippen LogP) is 7.29. The van der Waals surface area contributed by atoms with Crippen molar-refractivity contribution in [3.63, 3.8) is 0 Å². The molecule has 1 aromatic heterocycles. The summed E-state index contributed by atoms with van der Waals surface area (Å²) in [5.41, 5.74) is 0.533. The number of rotatable bonds is 12. The highest BCUT2D eigenvalue weighted by molar-refractivity contribution is 5.77. The molecule has 0 amide bonds. The molecule has 4 aromatic rings. The van der Waals surface area contributed by atoms with Crippen molar-refractivity contribution in [2.24, 2.45) is 0 Å². The van der Waals surface area contributed by atoms with Crippen molar-refractivity contribution in [2.45, 2.75) is 18.9 Å². The van der Waals surface area contributed by atoms with Crippen LogP contribution in [0, 0.1) is 0 Å². The highest BCUT2D eigenvalue weighted by Crippen LogP contribution is 2.36. The topological polar surface area (TPSA) is 59.8 Å². The number of hydrogen-bond donors (Lipinski definition) is 1. The highest BCUT2D eigenvalue weighted by Gasteiger charge is 2.36. The van der Waals surface area contributed by atoms with Crippen LogP contribution in [0.1, 0.15) is 28.1 Å². The molecule has 4 rings (SSSR count).